The molecule has 3 aromatic heterocycles. The van der Waals surface area contributed by atoms with Crippen LogP contribution in [0.3, 0.4) is 0 Å². The lowest BCUT2D eigenvalue weighted by atomic mass is 10.0. The molecule has 1 aliphatic heterocycles. The van der Waals surface area contributed by atoms with Crippen LogP contribution < -0.4 is 0 Å². The minimum atomic E-state index is -0.0522. The lowest BCUT2D eigenvalue weighted by Gasteiger charge is -2.33. The first-order valence-corrected chi connectivity index (χ1v) is 8.90. The fourth-order valence-electron chi connectivity index (χ4n) is 3.53. The molecule has 27 heavy (non-hydrogen) atoms. The summed E-state index contributed by atoms with van der Waals surface area (Å²) < 4.78 is 11.0. The highest BCUT2D eigenvalue weighted by atomic mass is 16.7. The number of hydroxylamine groups is 2. The molecule has 3 aromatic rings. The molecule has 0 N–H and O–H groups in total. The van der Waals surface area contributed by atoms with E-state index in [4.69, 9.17) is 13.8 Å². The molecule has 1 fully saturated rings. The van der Waals surface area contributed by atoms with Crippen LogP contribution in [0.4, 0.5) is 0 Å². The second-order valence-electron chi connectivity index (χ2n) is 6.73. The van der Waals surface area contributed by atoms with Crippen molar-refractivity contribution in [1.29, 1.82) is 0 Å². The van der Waals surface area contributed by atoms with E-state index in [0.29, 0.717) is 54.2 Å². The minimum absolute atomic E-state index is 0.0522. The van der Waals surface area contributed by atoms with Gasteiger partial charge in [0.15, 0.2) is 0 Å². The molecule has 142 valence electrons. The molecule has 8 heteroatoms. The van der Waals surface area contributed by atoms with Gasteiger partial charge in [0.25, 0.3) is 11.6 Å². The van der Waals surface area contributed by atoms with E-state index in [9.17, 15) is 4.79 Å². The molecule has 8 nitrogen and oxygen atoms in total. The Morgan fingerprint density at radius 1 is 1.15 bits per heavy atom. The normalized spacial score (nSPS) is 15.6. The monoisotopic (exact) mass is 370 g/mol. The van der Waals surface area contributed by atoms with E-state index >= 15 is 0 Å². The van der Waals surface area contributed by atoms with Gasteiger partial charge in [-0.05, 0) is 32.9 Å². The zero-order valence-electron chi connectivity index (χ0n) is 15.9. The highest BCUT2D eigenvalue weighted by molar-refractivity contribution is 6.07. The molecular weight excluding hydrogens is 348 g/mol. The molecule has 4 heterocycles. The number of aromatic nitrogens is 2. The number of fused-ring (bicyclic) bond motifs is 1. The third-order valence-corrected chi connectivity index (χ3v) is 4.95. The van der Waals surface area contributed by atoms with Gasteiger partial charge >= 0.3 is 0 Å². The molecule has 0 unspecified atom stereocenters. The highest BCUT2D eigenvalue weighted by Gasteiger charge is 2.27. The van der Waals surface area contributed by atoms with Crippen LogP contribution in [0.15, 0.2) is 21.1 Å². The number of hydrogen-bond acceptors (Lipinski definition) is 7. The second kappa shape index (κ2) is 6.79. The zero-order chi connectivity index (χ0) is 19.1. The summed E-state index contributed by atoms with van der Waals surface area (Å²) in [6, 6.07) is 3.73. The number of amides is 1. The summed E-state index contributed by atoms with van der Waals surface area (Å²) in [5.74, 6) is 1.49. The standard InChI is InChI=1S/C19H22N4O4/c1-11-9-14(13(3)26-11)16-10-15(17-12(2)21-27-18(17)20-16)19(24)22-5-7-23(25-4)8-6-22/h9-10H,5-8H2,1-4H3. The molecule has 0 bridgehead atoms. The summed E-state index contributed by atoms with van der Waals surface area (Å²) in [6.07, 6.45) is 0. The van der Waals surface area contributed by atoms with Gasteiger partial charge in [-0.25, -0.2) is 4.98 Å². The molecule has 1 amide bonds. The number of carbonyl (C=O) groups is 1. The average molecular weight is 370 g/mol. The summed E-state index contributed by atoms with van der Waals surface area (Å²) in [5, 5.41) is 6.52. The van der Waals surface area contributed by atoms with Crippen LogP contribution >= 0.6 is 0 Å². The van der Waals surface area contributed by atoms with Crippen molar-refractivity contribution in [3.8, 4) is 11.3 Å². The Hall–Kier alpha value is -2.71. The fourth-order valence-corrected chi connectivity index (χ4v) is 3.53. The molecule has 0 atom stereocenters. The Kier molecular flexibility index (Phi) is 4.45. The average Bonchev–Trinajstić information content (AvgIpc) is 3.22. The molecular formula is C19H22N4O4. The van der Waals surface area contributed by atoms with Gasteiger partial charge in [0.05, 0.1) is 29.4 Å². The van der Waals surface area contributed by atoms with Crippen molar-refractivity contribution in [3.63, 3.8) is 0 Å². The van der Waals surface area contributed by atoms with E-state index in [2.05, 4.69) is 10.1 Å². The van der Waals surface area contributed by atoms with Crippen LogP contribution in [-0.4, -0.2) is 59.3 Å². The van der Waals surface area contributed by atoms with Crippen molar-refractivity contribution in [2.75, 3.05) is 33.3 Å². The number of pyridine rings is 1. The quantitative estimate of drug-likeness (QED) is 0.701. The topological polar surface area (TPSA) is 84.8 Å². The zero-order valence-corrected chi connectivity index (χ0v) is 15.9. The first kappa shape index (κ1) is 17.7. The van der Waals surface area contributed by atoms with Crippen molar-refractivity contribution >= 4 is 17.0 Å². The van der Waals surface area contributed by atoms with Gasteiger partial charge in [-0.3, -0.25) is 4.79 Å². The Morgan fingerprint density at radius 3 is 2.52 bits per heavy atom. The lowest BCUT2D eigenvalue weighted by molar-refractivity contribution is -0.147. The maximum absolute atomic E-state index is 13.3. The maximum atomic E-state index is 13.3. The van der Waals surface area contributed by atoms with Gasteiger partial charge in [-0.2, -0.15) is 5.06 Å². The smallest absolute Gasteiger partial charge is 0.259 e. The molecule has 0 radical (unpaired) electrons. The van der Waals surface area contributed by atoms with E-state index in [0.717, 1.165) is 17.1 Å². The SMILES string of the molecule is CON1CCN(C(=O)c2cc(-c3cc(C)oc3C)nc3onc(C)c23)CC1. The van der Waals surface area contributed by atoms with E-state index in [1.54, 1.807) is 7.11 Å². The molecule has 4 rings (SSSR count). The van der Waals surface area contributed by atoms with Gasteiger partial charge in [-0.15, -0.1) is 0 Å². The number of nitrogens with zero attached hydrogens (tertiary/aromatic N) is 4. The van der Waals surface area contributed by atoms with Crippen LogP contribution in [0.25, 0.3) is 22.4 Å². The number of furan rings is 1. The first-order valence-electron chi connectivity index (χ1n) is 8.90. The van der Waals surface area contributed by atoms with Gasteiger partial charge < -0.3 is 18.7 Å². The van der Waals surface area contributed by atoms with E-state index in [1.165, 1.54) is 0 Å². The largest absolute Gasteiger partial charge is 0.466 e. The highest BCUT2D eigenvalue weighted by Crippen LogP contribution is 2.31. The van der Waals surface area contributed by atoms with Gasteiger partial charge in [0.1, 0.15) is 11.5 Å². The molecule has 1 aliphatic rings. The number of carbonyl (C=O) groups excluding carboxylic acids is 1. The fraction of sp³-hybridized carbons (Fsp3) is 0.421. The van der Waals surface area contributed by atoms with Gasteiger partial charge in [-0.1, -0.05) is 5.16 Å². The third kappa shape index (κ3) is 3.11. The second-order valence-corrected chi connectivity index (χ2v) is 6.73. The number of hydrogen-bond donors (Lipinski definition) is 0. The number of aryl methyl sites for hydroxylation is 3. The van der Waals surface area contributed by atoms with Gasteiger partial charge in [0, 0.05) is 31.7 Å². The van der Waals surface area contributed by atoms with E-state index < -0.39 is 0 Å². The summed E-state index contributed by atoms with van der Waals surface area (Å²) in [6.45, 7) is 8.12. The molecule has 0 saturated carbocycles. The third-order valence-electron chi connectivity index (χ3n) is 4.95. The van der Waals surface area contributed by atoms with Crippen molar-refractivity contribution in [1.82, 2.24) is 20.1 Å². The molecule has 0 spiro atoms. The van der Waals surface area contributed by atoms with Crippen molar-refractivity contribution < 1.29 is 18.6 Å². The summed E-state index contributed by atoms with van der Waals surface area (Å²) >= 11 is 0. The predicted molar refractivity (Wildman–Crippen MR) is 98.2 cm³/mol. The predicted octanol–water partition coefficient (Wildman–Crippen LogP) is 2.73. The van der Waals surface area contributed by atoms with Crippen LogP contribution in [0.1, 0.15) is 27.6 Å². The first-order chi connectivity index (χ1) is 13.0. The summed E-state index contributed by atoms with van der Waals surface area (Å²) in [5.41, 5.74) is 3.07. The van der Waals surface area contributed by atoms with Crippen molar-refractivity contribution in [3.05, 3.63) is 34.9 Å². The van der Waals surface area contributed by atoms with Gasteiger partial charge in [0.2, 0.25) is 0 Å². The minimum Gasteiger partial charge on any atom is -0.466 e. The maximum Gasteiger partial charge on any atom is 0.259 e. The summed E-state index contributed by atoms with van der Waals surface area (Å²) in [7, 11) is 1.64. The Labute approximate surface area is 156 Å². The Morgan fingerprint density at radius 2 is 1.89 bits per heavy atom. The number of piperazine rings is 1. The van der Waals surface area contributed by atoms with E-state index in [1.807, 2.05) is 42.9 Å². The summed E-state index contributed by atoms with van der Waals surface area (Å²) in [4.78, 5) is 24.9. The van der Waals surface area contributed by atoms with Crippen LogP contribution in [-0.2, 0) is 4.84 Å². The molecule has 0 aromatic carbocycles. The lowest BCUT2D eigenvalue weighted by Crippen LogP contribution is -2.48. The molecule has 1 saturated heterocycles. The van der Waals surface area contributed by atoms with Crippen molar-refractivity contribution in [2.24, 2.45) is 0 Å². The van der Waals surface area contributed by atoms with Crippen LogP contribution in [0, 0.1) is 20.8 Å². The van der Waals surface area contributed by atoms with Crippen LogP contribution in [0.5, 0.6) is 0 Å². The molecule has 0 aliphatic carbocycles. The Bertz CT molecular complexity index is 999. The van der Waals surface area contributed by atoms with Crippen molar-refractivity contribution in [2.45, 2.75) is 20.8 Å². The van der Waals surface area contributed by atoms with E-state index in [-0.39, 0.29) is 5.91 Å². The Balaban J connectivity index is 1.78. The number of rotatable bonds is 3. The van der Waals surface area contributed by atoms with Crippen LogP contribution in [0.2, 0.25) is 0 Å².